The normalized spacial score (nSPS) is 11.9. The van der Waals surface area contributed by atoms with E-state index in [9.17, 15) is 22.7 Å². The summed E-state index contributed by atoms with van der Waals surface area (Å²) >= 11 is 0. The van der Waals surface area contributed by atoms with E-state index in [2.05, 4.69) is 5.32 Å². The Bertz CT molecular complexity index is 1180. The van der Waals surface area contributed by atoms with Gasteiger partial charge >= 0.3 is 0 Å². The van der Waals surface area contributed by atoms with E-state index in [1.165, 1.54) is 34.6 Å². The zero-order valence-corrected chi connectivity index (χ0v) is 17.0. The van der Waals surface area contributed by atoms with Crippen LogP contribution in [0.25, 0.3) is 11.0 Å². The molecular formula is C20H21FN2O5S. The predicted octanol–water partition coefficient (Wildman–Crippen LogP) is 3.87. The van der Waals surface area contributed by atoms with E-state index in [0.717, 1.165) is 0 Å². The van der Waals surface area contributed by atoms with Crippen LogP contribution < -0.4 is 5.32 Å². The number of carbonyl (C=O) groups excluding carboxylic acids is 1. The molecule has 154 valence electrons. The molecule has 1 aromatic heterocycles. The number of phenols is 1. The second-order valence-electron chi connectivity index (χ2n) is 6.40. The van der Waals surface area contributed by atoms with Crippen LogP contribution in [0.2, 0.25) is 0 Å². The van der Waals surface area contributed by atoms with Gasteiger partial charge in [0.25, 0.3) is 5.91 Å². The molecule has 3 aromatic rings. The van der Waals surface area contributed by atoms with Crippen LogP contribution >= 0.6 is 0 Å². The lowest BCUT2D eigenvalue weighted by molar-refractivity contribution is 0.0997. The first-order chi connectivity index (χ1) is 13.7. The van der Waals surface area contributed by atoms with Gasteiger partial charge in [0.2, 0.25) is 10.0 Å². The molecule has 0 aliphatic carbocycles. The van der Waals surface area contributed by atoms with E-state index >= 15 is 0 Å². The van der Waals surface area contributed by atoms with Crippen LogP contribution in [0.4, 0.5) is 10.1 Å². The molecule has 0 radical (unpaired) electrons. The van der Waals surface area contributed by atoms with Crippen molar-refractivity contribution in [3.63, 3.8) is 0 Å². The summed E-state index contributed by atoms with van der Waals surface area (Å²) in [5.74, 6) is -1.76. The maximum absolute atomic E-state index is 13.9. The summed E-state index contributed by atoms with van der Waals surface area (Å²) in [5, 5.41) is 13.0. The van der Waals surface area contributed by atoms with Crippen LogP contribution in [0.15, 0.2) is 45.7 Å². The summed E-state index contributed by atoms with van der Waals surface area (Å²) in [6.45, 7) is 5.61. The minimum Gasteiger partial charge on any atom is -0.506 e. The van der Waals surface area contributed by atoms with Gasteiger partial charge in [-0.25, -0.2) is 12.8 Å². The molecule has 0 spiro atoms. The highest BCUT2D eigenvalue weighted by molar-refractivity contribution is 7.89. The molecule has 2 N–H and O–H groups in total. The van der Waals surface area contributed by atoms with E-state index in [1.807, 2.05) is 0 Å². The smallest absolute Gasteiger partial charge is 0.291 e. The highest BCUT2D eigenvalue weighted by atomic mass is 32.2. The molecule has 0 bridgehead atoms. The van der Waals surface area contributed by atoms with Crippen molar-refractivity contribution in [2.45, 2.75) is 25.7 Å². The molecule has 1 heterocycles. The van der Waals surface area contributed by atoms with Crippen LogP contribution in [0.1, 0.15) is 30.0 Å². The topological polar surface area (TPSA) is 99.9 Å². The van der Waals surface area contributed by atoms with E-state index in [0.29, 0.717) is 10.9 Å². The predicted molar refractivity (Wildman–Crippen MR) is 107 cm³/mol. The van der Waals surface area contributed by atoms with Gasteiger partial charge in [-0.3, -0.25) is 4.79 Å². The number of anilines is 1. The standard InChI is InChI=1S/C20H21FN2O5S/c1-4-23(5-2)29(26,27)13-9-10-17(24)16(11-13)22-20(25)18-12(3)14-7-6-8-15(21)19(14)28-18/h6-11,24H,4-5H2,1-3H3,(H,22,25). The van der Waals surface area contributed by atoms with Crippen molar-refractivity contribution in [1.82, 2.24) is 4.31 Å². The molecule has 0 atom stereocenters. The van der Waals surface area contributed by atoms with Gasteiger partial charge in [0.1, 0.15) is 5.75 Å². The monoisotopic (exact) mass is 420 g/mol. The summed E-state index contributed by atoms with van der Waals surface area (Å²) < 4.78 is 46.0. The third kappa shape index (κ3) is 3.70. The number of aromatic hydroxyl groups is 1. The SMILES string of the molecule is CCN(CC)S(=O)(=O)c1ccc(O)c(NC(=O)c2oc3c(F)cccc3c2C)c1. The highest BCUT2D eigenvalue weighted by Gasteiger charge is 2.24. The molecular weight excluding hydrogens is 399 g/mol. The zero-order valence-electron chi connectivity index (χ0n) is 16.2. The molecule has 2 aromatic carbocycles. The number of carbonyl (C=O) groups is 1. The fourth-order valence-electron chi connectivity index (χ4n) is 3.09. The number of nitrogens with zero attached hydrogens (tertiary/aromatic N) is 1. The number of rotatable bonds is 6. The number of halogens is 1. The number of nitrogens with one attached hydrogen (secondary N) is 1. The van der Waals surface area contributed by atoms with Crippen molar-refractivity contribution in [2.75, 3.05) is 18.4 Å². The summed E-state index contributed by atoms with van der Waals surface area (Å²) in [6.07, 6.45) is 0. The first kappa shape index (κ1) is 20.8. The number of hydrogen-bond acceptors (Lipinski definition) is 5. The van der Waals surface area contributed by atoms with Crippen molar-refractivity contribution < 1.29 is 27.1 Å². The van der Waals surface area contributed by atoms with Gasteiger partial charge in [-0.1, -0.05) is 26.0 Å². The van der Waals surface area contributed by atoms with Crippen LogP contribution in [0.5, 0.6) is 5.75 Å². The highest BCUT2D eigenvalue weighted by Crippen LogP contribution is 2.31. The Labute approximate surface area is 167 Å². The van der Waals surface area contributed by atoms with Crippen molar-refractivity contribution in [2.24, 2.45) is 0 Å². The first-order valence-corrected chi connectivity index (χ1v) is 10.5. The number of amides is 1. The van der Waals surface area contributed by atoms with Crippen molar-refractivity contribution in [3.8, 4) is 5.75 Å². The lowest BCUT2D eigenvalue weighted by atomic mass is 10.1. The summed E-state index contributed by atoms with van der Waals surface area (Å²) in [6, 6.07) is 8.00. The van der Waals surface area contributed by atoms with E-state index in [-0.39, 0.29) is 40.8 Å². The van der Waals surface area contributed by atoms with E-state index in [4.69, 9.17) is 4.42 Å². The van der Waals surface area contributed by atoms with Gasteiger partial charge < -0.3 is 14.8 Å². The Kier molecular flexibility index (Phi) is 5.63. The Morgan fingerprint density at radius 3 is 2.52 bits per heavy atom. The van der Waals surface area contributed by atoms with Crippen molar-refractivity contribution in [1.29, 1.82) is 0 Å². The molecule has 3 rings (SSSR count). The molecule has 0 aliphatic rings. The maximum Gasteiger partial charge on any atom is 0.291 e. The maximum atomic E-state index is 13.9. The number of furan rings is 1. The summed E-state index contributed by atoms with van der Waals surface area (Å²) in [4.78, 5) is 12.6. The van der Waals surface area contributed by atoms with Gasteiger partial charge in [-0.15, -0.1) is 0 Å². The molecule has 0 saturated carbocycles. The quantitative estimate of drug-likeness (QED) is 0.590. The number of hydrogen-bond donors (Lipinski definition) is 2. The molecule has 9 heteroatoms. The number of benzene rings is 2. The Balaban J connectivity index is 1.98. The van der Waals surface area contributed by atoms with Crippen LogP contribution in [0, 0.1) is 12.7 Å². The Hall–Kier alpha value is -2.91. The largest absolute Gasteiger partial charge is 0.506 e. The van der Waals surface area contributed by atoms with Gasteiger partial charge in [0.15, 0.2) is 17.2 Å². The molecule has 0 fully saturated rings. The second-order valence-corrected chi connectivity index (χ2v) is 8.33. The van der Waals surface area contributed by atoms with E-state index in [1.54, 1.807) is 26.8 Å². The minimum atomic E-state index is -3.78. The van der Waals surface area contributed by atoms with E-state index < -0.39 is 21.7 Å². The minimum absolute atomic E-state index is 0.0442. The second kappa shape index (κ2) is 7.84. The Morgan fingerprint density at radius 2 is 1.90 bits per heavy atom. The number of aryl methyl sites for hydroxylation is 1. The number of sulfonamides is 1. The van der Waals surface area contributed by atoms with Crippen molar-refractivity contribution >= 4 is 32.6 Å². The molecule has 1 amide bonds. The van der Waals surface area contributed by atoms with Gasteiger partial charge in [-0.2, -0.15) is 4.31 Å². The third-order valence-corrected chi connectivity index (χ3v) is 6.73. The number of phenolic OH excluding ortho intramolecular Hbond substituents is 1. The summed E-state index contributed by atoms with van der Waals surface area (Å²) in [5.41, 5.74) is 0.296. The van der Waals surface area contributed by atoms with Gasteiger partial charge in [-0.05, 0) is 31.2 Å². The average Bonchev–Trinajstić information content (AvgIpc) is 3.02. The number of fused-ring (bicyclic) bond motifs is 1. The molecule has 0 unspecified atom stereocenters. The molecule has 0 aliphatic heterocycles. The average molecular weight is 420 g/mol. The van der Waals surface area contributed by atoms with Crippen LogP contribution in [-0.4, -0.2) is 36.8 Å². The molecule has 0 saturated heterocycles. The summed E-state index contributed by atoms with van der Waals surface area (Å²) in [7, 11) is -3.78. The van der Waals surface area contributed by atoms with Crippen molar-refractivity contribution in [3.05, 3.63) is 53.5 Å². The molecule has 7 nitrogen and oxygen atoms in total. The Morgan fingerprint density at radius 1 is 1.21 bits per heavy atom. The molecule has 29 heavy (non-hydrogen) atoms. The lowest BCUT2D eigenvalue weighted by Gasteiger charge is -2.19. The first-order valence-electron chi connectivity index (χ1n) is 9.02. The zero-order chi connectivity index (χ0) is 21.3. The van der Waals surface area contributed by atoms with Gasteiger partial charge in [0, 0.05) is 24.0 Å². The third-order valence-electron chi connectivity index (χ3n) is 4.68. The lowest BCUT2D eigenvalue weighted by Crippen LogP contribution is -2.30. The fraction of sp³-hybridized carbons (Fsp3) is 0.250. The number of para-hydroxylation sites is 1. The van der Waals surface area contributed by atoms with Crippen LogP contribution in [0.3, 0.4) is 0 Å². The fourth-order valence-corrected chi connectivity index (χ4v) is 4.58. The van der Waals surface area contributed by atoms with Crippen LogP contribution in [-0.2, 0) is 10.0 Å². The van der Waals surface area contributed by atoms with Gasteiger partial charge in [0.05, 0.1) is 10.6 Å².